The number of nitrogens with one attached hydrogen (secondary N) is 1. The molecular weight excluding hydrogens is 202 g/mol. The first-order valence-electron chi connectivity index (χ1n) is 5.59. The van der Waals surface area contributed by atoms with Crippen molar-refractivity contribution in [3.05, 3.63) is 23.2 Å². The molecule has 1 N–H and O–H groups in total. The second-order valence-corrected chi connectivity index (χ2v) is 5.39. The smallest absolute Gasteiger partial charge is 0.255 e. The monoisotopic (exact) mass is 223 g/mol. The molecule has 0 saturated carbocycles. The SMILES string of the molecule is Cc1cc(C(=O)NC(C)C(C)(C)C)c(C)o1. The van der Waals surface area contributed by atoms with Crippen molar-refractivity contribution in [2.24, 2.45) is 5.41 Å². The number of rotatable bonds is 2. The fourth-order valence-corrected chi connectivity index (χ4v) is 1.35. The molecule has 0 saturated heterocycles. The topological polar surface area (TPSA) is 42.2 Å². The Labute approximate surface area is 97.2 Å². The molecule has 0 spiro atoms. The summed E-state index contributed by atoms with van der Waals surface area (Å²) in [5.74, 6) is 1.39. The highest BCUT2D eigenvalue weighted by atomic mass is 16.3. The molecule has 3 heteroatoms. The van der Waals surface area contributed by atoms with Crippen LogP contribution in [-0.2, 0) is 0 Å². The highest BCUT2D eigenvalue weighted by Crippen LogP contribution is 2.20. The minimum atomic E-state index is -0.0585. The number of hydrogen-bond donors (Lipinski definition) is 1. The van der Waals surface area contributed by atoms with Crippen LogP contribution in [0.4, 0.5) is 0 Å². The average molecular weight is 223 g/mol. The van der Waals surface area contributed by atoms with Crippen LogP contribution in [0, 0.1) is 19.3 Å². The van der Waals surface area contributed by atoms with Gasteiger partial charge < -0.3 is 9.73 Å². The lowest BCUT2D eigenvalue weighted by Crippen LogP contribution is -2.41. The summed E-state index contributed by atoms with van der Waals surface area (Å²) in [6.07, 6.45) is 0. The molecule has 16 heavy (non-hydrogen) atoms. The highest BCUT2D eigenvalue weighted by Gasteiger charge is 2.23. The van der Waals surface area contributed by atoms with Crippen molar-refractivity contribution in [3.63, 3.8) is 0 Å². The van der Waals surface area contributed by atoms with Crippen LogP contribution in [-0.4, -0.2) is 11.9 Å². The van der Waals surface area contributed by atoms with E-state index in [9.17, 15) is 4.79 Å². The molecule has 1 heterocycles. The second kappa shape index (κ2) is 4.32. The molecule has 0 radical (unpaired) electrons. The van der Waals surface area contributed by atoms with Crippen LogP contribution in [0.15, 0.2) is 10.5 Å². The van der Waals surface area contributed by atoms with Crippen molar-refractivity contribution in [1.29, 1.82) is 0 Å². The minimum Gasteiger partial charge on any atom is -0.466 e. The third-order valence-corrected chi connectivity index (χ3v) is 2.93. The average Bonchev–Trinajstić information content (AvgIpc) is 2.43. The predicted molar refractivity (Wildman–Crippen MR) is 64.6 cm³/mol. The third kappa shape index (κ3) is 2.87. The van der Waals surface area contributed by atoms with Crippen LogP contribution in [0.2, 0.25) is 0 Å². The lowest BCUT2D eigenvalue weighted by Gasteiger charge is -2.27. The van der Waals surface area contributed by atoms with Crippen LogP contribution >= 0.6 is 0 Å². The summed E-state index contributed by atoms with van der Waals surface area (Å²) < 4.78 is 5.34. The summed E-state index contributed by atoms with van der Waals surface area (Å²) in [5.41, 5.74) is 0.691. The summed E-state index contributed by atoms with van der Waals surface area (Å²) in [6, 6.07) is 1.90. The largest absolute Gasteiger partial charge is 0.466 e. The molecule has 0 aromatic carbocycles. The van der Waals surface area contributed by atoms with E-state index in [2.05, 4.69) is 26.1 Å². The third-order valence-electron chi connectivity index (χ3n) is 2.93. The van der Waals surface area contributed by atoms with Crippen molar-refractivity contribution in [2.75, 3.05) is 0 Å². The first-order chi connectivity index (χ1) is 7.21. The quantitative estimate of drug-likeness (QED) is 0.837. The van der Waals surface area contributed by atoms with Gasteiger partial charge in [0.2, 0.25) is 0 Å². The van der Waals surface area contributed by atoms with Gasteiger partial charge in [-0.2, -0.15) is 0 Å². The molecule has 1 aromatic heterocycles. The first kappa shape index (κ1) is 12.8. The highest BCUT2D eigenvalue weighted by molar-refractivity contribution is 5.95. The van der Waals surface area contributed by atoms with Crippen molar-refractivity contribution < 1.29 is 9.21 Å². The maximum Gasteiger partial charge on any atom is 0.255 e. The molecule has 1 amide bonds. The van der Waals surface area contributed by atoms with Crippen molar-refractivity contribution in [2.45, 2.75) is 47.6 Å². The van der Waals surface area contributed by atoms with Gasteiger partial charge in [0.15, 0.2) is 0 Å². The molecule has 1 aromatic rings. The molecule has 3 nitrogen and oxygen atoms in total. The van der Waals surface area contributed by atoms with Crippen molar-refractivity contribution >= 4 is 5.91 Å². The van der Waals surface area contributed by atoms with E-state index in [0.717, 1.165) is 5.76 Å². The van der Waals surface area contributed by atoms with E-state index in [4.69, 9.17) is 4.42 Å². The molecule has 0 aliphatic heterocycles. The number of aryl methyl sites for hydroxylation is 2. The van der Waals surface area contributed by atoms with Gasteiger partial charge in [-0.15, -0.1) is 0 Å². The van der Waals surface area contributed by atoms with E-state index in [1.807, 2.05) is 20.8 Å². The van der Waals surface area contributed by atoms with E-state index in [1.165, 1.54) is 0 Å². The minimum absolute atomic E-state index is 0.0579. The Bertz CT molecular complexity index is 385. The number of carbonyl (C=O) groups excluding carboxylic acids is 1. The summed E-state index contributed by atoms with van der Waals surface area (Å²) in [7, 11) is 0. The molecule has 0 aliphatic carbocycles. The van der Waals surface area contributed by atoms with Crippen LogP contribution in [0.3, 0.4) is 0 Å². The zero-order chi connectivity index (χ0) is 12.5. The molecule has 0 aliphatic rings. The van der Waals surface area contributed by atoms with E-state index < -0.39 is 0 Å². The van der Waals surface area contributed by atoms with E-state index in [-0.39, 0.29) is 17.4 Å². The van der Waals surface area contributed by atoms with Crippen LogP contribution in [0.5, 0.6) is 0 Å². The van der Waals surface area contributed by atoms with Gasteiger partial charge in [-0.25, -0.2) is 0 Å². The maximum absolute atomic E-state index is 12.0. The van der Waals surface area contributed by atoms with Gasteiger partial charge >= 0.3 is 0 Å². The molecule has 90 valence electrons. The normalized spacial score (nSPS) is 13.6. The zero-order valence-corrected chi connectivity index (χ0v) is 11.0. The Hall–Kier alpha value is -1.25. The van der Waals surface area contributed by atoms with Gasteiger partial charge in [0.1, 0.15) is 11.5 Å². The molecule has 1 rings (SSSR count). The maximum atomic E-state index is 12.0. The fourth-order valence-electron chi connectivity index (χ4n) is 1.35. The van der Waals surface area contributed by atoms with Crippen LogP contribution in [0.1, 0.15) is 49.6 Å². The van der Waals surface area contributed by atoms with Crippen LogP contribution < -0.4 is 5.32 Å². The van der Waals surface area contributed by atoms with E-state index >= 15 is 0 Å². The predicted octanol–water partition coefficient (Wildman–Crippen LogP) is 3.06. The van der Waals surface area contributed by atoms with Gasteiger partial charge in [-0.05, 0) is 32.3 Å². The lowest BCUT2D eigenvalue weighted by atomic mass is 9.88. The van der Waals surface area contributed by atoms with Crippen LogP contribution in [0.25, 0.3) is 0 Å². The summed E-state index contributed by atoms with van der Waals surface area (Å²) in [4.78, 5) is 12.0. The Morgan fingerprint density at radius 2 is 1.94 bits per heavy atom. The second-order valence-electron chi connectivity index (χ2n) is 5.39. The number of amides is 1. The van der Waals surface area contributed by atoms with Gasteiger partial charge in [0.05, 0.1) is 5.56 Å². The molecule has 1 atom stereocenters. The molecule has 0 fully saturated rings. The Morgan fingerprint density at radius 1 is 1.38 bits per heavy atom. The number of carbonyl (C=O) groups is 1. The van der Waals surface area contributed by atoms with Gasteiger partial charge in [0, 0.05) is 6.04 Å². The van der Waals surface area contributed by atoms with Gasteiger partial charge in [-0.3, -0.25) is 4.79 Å². The Kier molecular flexibility index (Phi) is 3.46. The summed E-state index contributed by atoms with van der Waals surface area (Å²) in [6.45, 7) is 12.0. The van der Waals surface area contributed by atoms with E-state index in [1.54, 1.807) is 6.07 Å². The lowest BCUT2D eigenvalue weighted by molar-refractivity contribution is 0.0908. The fraction of sp³-hybridized carbons (Fsp3) is 0.615. The van der Waals surface area contributed by atoms with Gasteiger partial charge in [0.25, 0.3) is 5.91 Å². The van der Waals surface area contributed by atoms with Crippen molar-refractivity contribution in [1.82, 2.24) is 5.32 Å². The first-order valence-corrected chi connectivity index (χ1v) is 5.59. The number of hydrogen-bond acceptors (Lipinski definition) is 2. The standard InChI is InChI=1S/C13H21NO2/c1-8-7-11(9(2)16-8)12(15)14-10(3)13(4,5)6/h7,10H,1-6H3,(H,14,15). The summed E-state index contributed by atoms with van der Waals surface area (Å²) >= 11 is 0. The van der Waals surface area contributed by atoms with Gasteiger partial charge in [-0.1, -0.05) is 20.8 Å². The molecular formula is C13H21NO2. The van der Waals surface area contributed by atoms with E-state index in [0.29, 0.717) is 11.3 Å². The summed E-state index contributed by atoms with van der Waals surface area (Å²) in [5, 5.41) is 2.99. The Morgan fingerprint density at radius 3 is 2.31 bits per heavy atom. The number of furan rings is 1. The van der Waals surface area contributed by atoms with Crippen molar-refractivity contribution in [3.8, 4) is 0 Å². The molecule has 1 unspecified atom stereocenters. The Balaban J connectivity index is 2.77. The molecule has 0 bridgehead atoms. The zero-order valence-electron chi connectivity index (χ0n) is 11.0.